The Kier molecular flexibility index (Phi) is 11.2. The standard InChI is InChI=1S/2C13H20O2/c2*1-4-5-6-7-9(2)13(15)12-10(3)8-11(12)14/h2*4-6,9-10,12-13,15H,1,7-8H2,2-3H3/b6-5+;6-5-. The third-order valence-corrected chi connectivity index (χ3v) is 6.48. The topological polar surface area (TPSA) is 74.6 Å². The molecule has 0 aliphatic heterocycles. The van der Waals surface area contributed by atoms with E-state index in [1.165, 1.54) is 0 Å². The van der Waals surface area contributed by atoms with E-state index >= 15 is 0 Å². The normalized spacial score (nSPS) is 29.9. The van der Waals surface area contributed by atoms with Crippen LogP contribution in [0.3, 0.4) is 0 Å². The quantitative estimate of drug-likeness (QED) is 0.507. The van der Waals surface area contributed by atoms with Gasteiger partial charge in [-0.1, -0.05) is 77.3 Å². The number of ketones is 2. The summed E-state index contributed by atoms with van der Waals surface area (Å²) in [7, 11) is 0. The predicted molar refractivity (Wildman–Crippen MR) is 123 cm³/mol. The van der Waals surface area contributed by atoms with Gasteiger partial charge in [-0.2, -0.15) is 0 Å². The Morgan fingerprint density at radius 3 is 1.40 bits per heavy atom. The number of carbonyl (C=O) groups is 2. The van der Waals surface area contributed by atoms with Gasteiger partial charge in [0.15, 0.2) is 0 Å². The molecule has 168 valence electrons. The molecule has 0 radical (unpaired) electrons. The summed E-state index contributed by atoms with van der Waals surface area (Å²) < 4.78 is 0. The van der Waals surface area contributed by atoms with Crippen molar-refractivity contribution in [1.82, 2.24) is 0 Å². The molecule has 30 heavy (non-hydrogen) atoms. The van der Waals surface area contributed by atoms with Gasteiger partial charge in [0, 0.05) is 24.7 Å². The van der Waals surface area contributed by atoms with Gasteiger partial charge in [0.05, 0.1) is 12.2 Å². The molecule has 8 atom stereocenters. The molecule has 0 bridgehead atoms. The third-order valence-electron chi connectivity index (χ3n) is 6.48. The average Bonchev–Trinajstić information content (AvgIpc) is 2.68. The Balaban J connectivity index is 0.000000300. The van der Waals surface area contributed by atoms with Gasteiger partial charge in [0.25, 0.3) is 0 Å². The lowest BCUT2D eigenvalue weighted by atomic mass is 9.67. The highest BCUT2D eigenvalue weighted by atomic mass is 16.3. The largest absolute Gasteiger partial charge is 0.392 e. The van der Waals surface area contributed by atoms with Crippen LogP contribution < -0.4 is 0 Å². The van der Waals surface area contributed by atoms with Crippen molar-refractivity contribution >= 4 is 11.6 Å². The molecule has 0 aromatic rings. The van der Waals surface area contributed by atoms with E-state index in [4.69, 9.17) is 0 Å². The number of allylic oxidation sites excluding steroid dienone is 6. The number of rotatable bonds is 10. The molecule has 2 fully saturated rings. The maximum atomic E-state index is 11.3. The molecule has 0 saturated heterocycles. The highest BCUT2D eigenvalue weighted by Crippen LogP contribution is 2.37. The molecule has 8 unspecified atom stereocenters. The predicted octanol–water partition coefficient (Wildman–Crippen LogP) is 4.68. The summed E-state index contributed by atoms with van der Waals surface area (Å²) in [6, 6.07) is 0. The van der Waals surface area contributed by atoms with Crippen molar-refractivity contribution in [3.8, 4) is 0 Å². The molecule has 2 aliphatic rings. The van der Waals surface area contributed by atoms with E-state index in [-0.39, 0.29) is 35.2 Å². The lowest BCUT2D eigenvalue weighted by Crippen LogP contribution is -2.46. The fourth-order valence-electron chi connectivity index (χ4n) is 4.29. The van der Waals surface area contributed by atoms with E-state index in [2.05, 4.69) is 13.2 Å². The highest BCUT2D eigenvalue weighted by Gasteiger charge is 2.43. The first-order chi connectivity index (χ1) is 14.1. The Morgan fingerprint density at radius 1 is 0.833 bits per heavy atom. The number of carbonyl (C=O) groups excluding carboxylic acids is 2. The van der Waals surface area contributed by atoms with Crippen molar-refractivity contribution in [2.24, 2.45) is 35.5 Å². The van der Waals surface area contributed by atoms with Gasteiger partial charge >= 0.3 is 0 Å². The lowest BCUT2D eigenvalue weighted by molar-refractivity contribution is -0.143. The third kappa shape index (κ3) is 7.17. The van der Waals surface area contributed by atoms with E-state index in [1.54, 1.807) is 12.2 Å². The Morgan fingerprint density at radius 2 is 1.17 bits per heavy atom. The van der Waals surface area contributed by atoms with Crippen molar-refractivity contribution < 1.29 is 19.8 Å². The van der Waals surface area contributed by atoms with Crippen molar-refractivity contribution in [1.29, 1.82) is 0 Å². The summed E-state index contributed by atoms with van der Waals surface area (Å²) >= 11 is 0. The van der Waals surface area contributed by atoms with Crippen LogP contribution in [0, 0.1) is 35.5 Å². The molecule has 4 nitrogen and oxygen atoms in total. The maximum absolute atomic E-state index is 11.3. The van der Waals surface area contributed by atoms with E-state index in [1.807, 2.05) is 52.0 Å². The fourth-order valence-corrected chi connectivity index (χ4v) is 4.29. The molecule has 0 heterocycles. The van der Waals surface area contributed by atoms with Gasteiger partial charge in [-0.05, 0) is 36.5 Å². The molecule has 2 rings (SSSR count). The molecule has 0 aromatic carbocycles. The minimum atomic E-state index is -0.490. The smallest absolute Gasteiger partial charge is 0.139 e. The SMILES string of the molecule is C=C/C=C/CC(C)C(O)C1C(=O)CC1C.C=C/C=C\CC(C)C(O)C1C(=O)CC1C. The van der Waals surface area contributed by atoms with Gasteiger partial charge < -0.3 is 10.2 Å². The second kappa shape index (κ2) is 12.8. The van der Waals surface area contributed by atoms with Gasteiger partial charge in [-0.25, -0.2) is 0 Å². The molecular formula is C26H40O4. The van der Waals surface area contributed by atoms with Crippen LogP contribution >= 0.6 is 0 Å². The van der Waals surface area contributed by atoms with Crippen LogP contribution in [0.25, 0.3) is 0 Å². The molecule has 4 heteroatoms. The molecule has 2 aliphatic carbocycles. The zero-order valence-corrected chi connectivity index (χ0v) is 19.0. The molecule has 0 spiro atoms. The first-order valence-electron chi connectivity index (χ1n) is 11.1. The summed E-state index contributed by atoms with van der Waals surface area (Å²) in [5.74, 6) is 1.14. The van der Waals surface area contributed by atoms with E-state index < -0.39 is 12.2 Å². The minimum absolute atomic E-state index is 0.128. The monoisotopic (exact) mass is 416 g/mol. The van der Waals surface area contributed by atoms with Crippen molar-refractivity contribution in [3.63, 3.8) is 0 Å². The van der Waals surface area contributed by atoms with Crippen LogP contribution in [-0.4, -0.2) is 34.0 Å². The molecule has 0 amide bonds. The maximum Gasteiger partial charge on any atom is 0.139 e. The van der Waals surface area contributed by atoms with Crippen molar-refractivity contribution in [2.45, 2.75) is 65.6 Å². The number of hydrogen-bond acceptors (Lipinski definition) is 4. The molecule has 2 N–H and O–H groups in total. The molecule has 2 saturated carbocycles. The summed E-state index contributed by atoms with van der Waals surface area (Å²) in [5, 5.41) is 20.0. The van der Waals surface area contributed by atoms with Gasteiger partial charge in [0.1, 0.15) is 11.6 Å². The van der Waals surface area contributed by atoms with Crippen LogP contribution in [0.5, 0.6) is 0 Å². The minimum Gasteiger partial charge on any atom is -0.392 e. The van der Waals surface area contributed by atoms with Crippen LogP contribution in [0.2, 0.25) is 0 Å². The highest BCUT2D eigenvalue weighted by molar-refractivity contribution is 5.88. The van der Waals surface area contributed by atoms with Crippen LogP contribution in [0.1, 0.15) is 53.4 Å². The first-order valence-corrected chi connectivity index (χ1v) is 11.1. The van der Waals surface area contributed by atoms with Gasteiger partial charge in [-0.3, -0.25) is 9.59 Å². The number of aliphatic hydroxyl groups is 2. The van der Waals surface area contributed by atoms with E-state index in [9.17, 15) is 19.8 Å². The Labute approximate surface area is 182 Å². The Bertz CT molecular complexity index is 591. The van der Waals surface area contributed by atoms with Crippen LogP contribution in [0.4, 0.5) is 0 Å². The lowest BCUT2D eigenvalue weighted by Gasteiger charge is -2.38. The van der Waals surface area contributed by atoms with Crippen LogP contribution in [-0.2, 0) is 9.59 Å². The number of aliphatic hydroxyl groups excluding tert-OH is 2. The average molecular weight is 417 g/mol. The van der Waals surface area contributed by atoms with Crippen molar-refractivity contribution in [2.75, 3.05) is 0 Å². The van der Waals surface area contributed by atoms with Crippen molar-refractivity contribution in [3.05, 3.63) is 49.6 Å². The van der Waals surface area contributed by atoms with E-state index in [0.29, 0.717) is 24.7 Å². The fraction of sp³-hybridized carbons (Fsp3) is 0.615. The number of Topliss-reactive ketones (excluding diaryl/α,β-unsaturated/α-hetero) is 2. The zero-order chi connectivity index (χ0) is 22.8. The van der Waals surface area contributed by atoms with Gasteiger partial charge in [-0.15, -0.1) is 0 Å². The second-order valence-corrected chi connectivity index (χ2v) is 9.08. The summed E-state index contributed by atoms with van der Waals surface area (Å²) in [5.41, 5.74) is 0. The summed E-state index contributed by atoms with van der Waals surface area (Å²) in [4.78, 5) is 22.6. The van der Waals surface area contributed by atoms with Gasteiger partial charge in [0.2, 0.25) is 0 Å². The van der Waals surface area contributed by atoms with E-state index in [0.717, 1.165) is 12.8 Å². The van der Waals surface area contributed by atoms with Crippen LogP contribution in [0.15, 0.2) is 49.6 Å². The number of hydrogen-bond donors (Lipinski definition) is 2. The molecular weight excluding hydrogens is 376 g/mol. The molecule has 0 aromatic heterocycles. The Hall–Kier alpha value is -1.78. The first kappa shape index (κ1) is 26.3. The second-order valence-electron chi connectivity index (χ2n) is 9.08. The summed E-state index contributed by atoms with van der Waals surface area (Å²) in [6.45, 7) is 15.2. The zero-order valence-electron chi connectivity index (χ0n) is 19.0. The summed E-state index contributed by atoms with van der Waals surface area (Å²) in [6.07, 6.45) is 13.0.